The molecule has 0 spiro atoms. The van der Waals surface area contributed by atoms with Crippen molar-refractivity contribution in [3.63, 3.8) is 0 Å². The first-order chi connectivity index (χ1) is 12.4. The standard InChI is InChI=1S/C21H32N2O3/c1-15(2)13-17-5-7-18(8-6-17)16(3)22-20(24)14-23-11-9-19(10-12-23)21(25)26-4/h5-8,15-16,19H,9-14H2,1-4H3,(H,22,24)/t16-/m0/s1. The van der Waals surface area contributed by atoms with E-state index in [1.165, 1.54) is 12.7 Å². The summed E-state index contributed by atoms with van der Waals surface area (Å²) in [6.45, 7) is 8.33. The highest BCUT2D eigenvalue weighted by Crippen LogP contribution is 2.19. The van der Waals surface area contributed by atoms with Crippen LogP contribution < -0.4 is 5.32 Å². The molecule has 5 heteroatoms. The van der Waals surface area contributed by atoms with Gasteiger partial charge < -0.3 is 10.1 Å². The molecule has 1 aromatic rings. The van der Waals surface area contributed by atoms with E-state index in [4.69, 9.17) is 4.74 Å². The maximum Gasteiger partial charge on any atom is 0.308 e. The highest BCUT2D eigenvalue weighted by Gasteiger charge is 2.26. The second kappa shape index (κ2) is 9.72. The zero-order valence-electron chi connectivity index (χ0n) is 16.5. The molecule has 1 atom stereocenters. The van der Waals surface area contributed by atoms with Crippen molar-refractivity contribution >= 4 is 11.9 Å². The Bertz CT molecular complexity index is 590. The Morgan fingerprint density at radius 2 is 1.77 bits per heavy atom. The average Bonchev–Trinajstić information content (AvgIpc) is 2.61. The minimum absolute atomic E-state index is 0.0109. The van der Waals surface area contributed by atoms with Crippen molar-refractivity contribution in [2.24, 2.45) is 11.8 Å². The first-order valence-corrected chi connectivity index (χ1v) is 9.57. The molecule has 0 saturated carbocycles. The number of likely N-dealkylation sites (tertiary alicyclic amines) is 1. The van der Waals surface area contributed by atoms with Crippen LogP contribution in [0, 0.1) is 11.8 Å². The summed E-state index contributed by atoms with van der Waals surface area (Å²) in [5.41, 5.74) is 2.45. The number of benzene rings is 1. The monoisotopic (exact) mass is 360 g/mol. The summed E-state index contributed by atoms with van der Waals surface area (Å²) < 4.78 is 4.80. The van der Waals surface area contributed by atoms with E-state index in [0.717, 1.165) is 37.9 Å². The smallest absolute Gasteiger partial charge is 0.308 e. The van der Waals surface area contributed by atoms with Gasteiger partial charge in [-0.15, -0.1) is 0 Å². The second-order valence-electron chi connectivity index (χ2n) is 7.70. The van der Waals surface area contributed by atoms with Gasteiger partial charge in [0.25, 0.3) is 0 Å². The predicted octanol–water partition coefficient (Wildman–Crippen LogP) is 2.95. The fourth-order valence-corrected chi connectivity index (χ4v) is 3.48. The van der Waals surface area contributed by atoms with Crippen molar-refractivity contribution in [2.75, 3.05) is 26.7 Å². The first-order valence-electron chi connectivity index (χ1n) is 9.57. The third-order valence-corrected chi connectivity index (χ3v) is 4.99. The van der Waals surface area contributed by atoms with Crippen molar-refractivity contribution in [1.29, 1.82) is 0 Å². The Morgan fingerprint density at radius 3 is 2.31 bits per heavy atom. The summed E-state index contributed by atoms with van der Waals surface area (Å²) in [5.74, 6) is 0.507. The highest BCUT2D eigenvalue weighted by molar-refractivity contribution is 5.78. The fraction of sp³-hybridized carbons (Fsp3) is 0.619. The van der Waals surface area contributed by atoms with Gasteiger partial charge in [0.1, 0.15) is 0 Å². The zero-order valence-corrected chi connectivity index (χ0v) is 16.5. The molecule has 26 heavy (non-hydrogen) atoms. The fourth-order valence-electron chi connectivity index (χ4n) is 3.48. The lowest BCUT2D eigenvalue weighted by atomic mass is 9.97. The Hall–Kier alpha value is -1.88. The molecule has 1 fully saturated rings. The molecular formula is C21H32N2O3. The van der Waals surface area contributed by atoms with Crippen molar-refractivity contribution in [2.45, 2.75) is 46.1 Å². The first kappa shape index (κ1) is 20.4. The number of ether oxygens (including phenoxy) is 1. The van der Waals surface area contributed by atoms with E-state index < -0.39 is 0 Å². The molecule has 1 saturated heterocycles. The summed E-state index contributed by atoms with van der Waals surface area (Å²) in [7, 11) is 1.43. The van der Waals surface area contributed by atoms with Crippen LogP contribution in [0.25, 0.3) is 0 Å². The molecule has 0 aromatic heterocycles. The third-order valence-electron chi connectivity index (χ3n) is 4.99. The van der Waals surface area contributed by atoms with E-state index in [1.807, 2.05) is 6.92 Å². The zero-order chi connectivity index (χ0) is 19.1. The van der Waals surface area contributed by atoms with Crippen LogP contribution in [0.2, 0.25) is 0 Å². The summed E-state index contributed by atoms with van der Waals surface area (Å²) in [4.78, 5) is 26.0. The van der Waals surface area contributed by atoms with E-state index in [1.54, 1.807) is 0 Å². The van der Waals surface area contributed by atoms with Crippen LogP contribution in [-0.2, 0) is 20.7 Å². The summed E-state index contributed by atoms with van der Waals surface area (Å²) in [5, 5.41) is 3.08. The summed E-state index contributed by atoms with van der Waals surface area (Å²) in [6.07, 6.45) is 2.59. The van der Waals surface area contributed by atoms with Gasteiger partial charge in [0.05, 0.1) is 25.6 Å². The Balaban J connectivity index is 1.78. The molecule has 1 N–H and O–H groups in total. The van der Waals surface area contributed by atoms with Gasteiger partial charge >= 0.3 is 5.97 Å². The van der Waals surface area contributed by atoms with E-state index in [2.05, 4.69) is 48.3 Å². The lowest BCUT2D eigenvalue weighted by molar-refractivity contribution is -0.147. The van der Waals surface area contributed by atoms with Gasteiger partial charge in [0.15, 0.2) is 0 Å². The molecule has 2 rings (SSSR count). The van der Waals surface area contributed by atoms with Crippen molar-refractivity contribution in [3.05, 3.63) is 35.4 Å². The Labute approximate surface area is 157 Å². The molecular weight excluding hydrogens is 328 g/mol. The second-order valence-corrected chi connectivity index (χ2v) is 7.70. The Kier molecular flexibility index (Phi) is 7.64. The number of nitrogens with zero attached hydrogens (tertiary/aromatic N) is 1. The van der Waals surface area contributed by atoms with Crippen LogP contribution in [0.4, 0.5) is 0 Å². The maximum atomic E-state index is 12.3. The molecule has 0 bridgehead atoms. The molecule has 1 aromatic carbocycles. The molecule has 1 heterocycles. The van der Waals surface area contributed by atoms with Crippen molar-refractivity contribution in [3.8, 4) is 0 Å². The SMILES string of the molecule is COC(=O)C1CCN(CC(=O)N[C@@H](C)c2ccc(CC(C)C)cc2)CC1. The van der Waals surface area contributed by atoms with Crippen molar-refractivity contribution in [1.82, 2.24) is 10.2 Å². The maximum absolute atomic E-state index is 12.3. The van der Waals surface area contributed by atoms with Gasteiger partial charge in [-0.3, -0.25) is 14.5 Å². The number of amides is 1. The molecule has 1 amide bonds. The molecule has 1 aliphatic heterocycles. The van der Waals surface area contributed by atoms with E-state index in [-0.39, 0.29) is 23.8 Å². The molecule has 0 unspecified atom stereocenters. The summed E-state index contributed by atoms with van der Waals surface area (Å²) >= 11 is 0. The van der Waals surface area contributed by atoms with Crippen LogP contribution in [0.1, 0.15) is 50.8 Å². The van der Waals surface area contributed by atoms with Crippen LogP contribution >= 0.6 is 0 Å². The number of carbonyl (C=O) groups excluding carboxylic acids is 2. The van der Waals surface area contributed by atoms with Gasteiger partial charge in [-0.05, 0) is 56.3 Å². The lowest BCUT2D eigenvalue weighted by Crippen LogP contribution is -2.43. The minimum Gasteiger partial charge on any atom is -0.469 e. The Morgan fingerprint density at radius 1 is 1.15 bits per heavy atom. The highest BCUT2D eigenvalue weighted by atomic mass is 16.5. The molecule has 5 nitrogen and oxygen atoms in total. The normalized spacial score (nSPS) is 17.1. The molecule has 1 aliphatic rings. The number of carbonyl (C=O) groups is 2. The number of esters is 1. The van der Waals surface area contributed by atoms with Gasteiger partial charge in [-0.2, -0.15) is 0 Å². The number of piperidine rings is 1. The quantitative estimate of drug-likeness (QED) is 0.760. The number of methoxy groups -OCH3 is 1. The van der Waals surface area contributed by atoms with Gasteiger partial charge in [-0.25, -0.2) is 0 Å². The van der Waals surface area contributed by atoms with E-state index in [9.17, 15) is 9.59 Å². The largest absolute Gasteiger partial charge is 0.469 e. The van der Waals surface area contributed by atoms with Crippen LogP contribution in [0.5, 0.6) is 0 Å². The minimum atomic E-state index is -0.136. The number of nitrogens with one attached hydrogen (secondary N) is 1. The van der Waals surface area contributed by atoms with Gasteiger partial charge in [-0.1, -0.05) is 38.1 Å². The topological polar surface area (TPSA) is 58.6 Å². The third kappa shape index (κ3) is 6.13. The predicted molar refractivity (Wildman–Crippen MR) is 103 cm³/mol. The van der Waals surface area contributed by atoms with E-state index in [0.29, 0.717) is 12.5 Å². The number of hydrogen-bond donors (Lipinski definition) is 1. The number of rotatable bonds is 7. The average molecular weight is 360 g/mol. The van der Waals surface area contributed by atoms with Crippen LogP contribution in [0.3, 0.4) is 0 Å². The van der Waals surface area contributed by atoms with E-state index >= 15 is 0 Å². The van der Waals surface area contributed by atoms with Gasteiger partial charge in [0, 0.05) is 0 Å². The van der Waals surface area contributed by atoms with Gasteiger partial charge in [0.2, 0.25) is 5.91 Å². The van der Waals surface area contributed by atoms with Crippen molar-refractivity contribution < 1.29 is 14.3 Å². The van der Waals surface area contributed by atoms with Crippen LogP contribution in [0.15, 0.2) is 24.3 Å². The molecule has 0 radical (unpaired) electrons. The summed E-state index contributed by atoms with van der Waals surface area (Å²) in [6, 6.07) is 8.49. The lowest BCUT2D eigenvalue weighted by Gasteiger charge is -2.30. The molecule has 144 valence electrons. The molecule has 0 aliphatic carbocycles. The van der Waals surface area contributed by atoms with Crippen LogP contribution in [-0.4, -0.2) is 43.5 Å². The number of hydrogen-bond acceptors (Lipinski definition) is 4.